The molecule has 0 saturated carbocycles. The number of ether oxygens (including phenoxy) is 1. The molecule has 0 aliphatic rings. The van der Waals surface area contributed by atoms with Crippen LogP contribution in [0.1, 0.15) is 29.3 Å². The lowest BCUT2D eigenvalue weighted by molar-refractivity contribution is -0.385. The number of rotatable bonds is 7. The number of nitrogens with one attached hydrogen (secondary N) is 1. The third-order valence-electron chi connectivity index (χ3n) is 3.48. The minimum absolute atomic E-state index is 0.0604. The fourth-order valence-corrected chi connectivity index (χ4v) is 2.10. The van der Waals surface area contributed by atoms with Crippen molar-refractivity contribution in [3.8, 4) is 5.75 Å². The molecular weight excluding hydrogens is 324 g/mol. The summed E-state index contributed by atoms with van der Waals surface area (Å²) in [6.45, 7) is 3.21. The second-order valence-electron chi connectivity index (χ2n) is 5.42. The van der Waals surface area contributed by atoms with Crippen molar-refractivity contribution in [1.82, 2.24) is 0 Å². The highest BCUT2D eigenvalue weighted by Crippen LogP contribution is 2.27. The third-order valence-corrected chi connectivity index (χ3v) is 3.48. The zero-order valence-electron chi connectivity index (χ0n) is 13.9. The van der Waals surface area contributed by atoms with Gasteiger partial charge in [-0.1, -0.05) is 13.0 Å². The van der Waals surface area contributed by atoms with E-state index in [9.17, 15) is 19.7 Å². The molecule has 0 aliphatic heterocycles. The van der Waals surface area contributed by atoms with Gasteiger partial charge in [-0.3, -0.25) is 19.7 Å². The summed E-state index contributed by atoms with van der Waals surface area (Å²) in [6, 6.07) is 10.9. The number of nitro groups is 1. The molecule has 0 aliphatic carbocycles. The Balaban J connectivity index is 2.04. The summed E-state index contributed by atoms with van der Waals surface area (Å²) >= 11 is 0. The molecule has 0 bridgehead atoms. The van der Waals surface area contributed by atoms with Crippen LogP contribution in [0, 0.1) is 17.0 Å². The fourth-order valence-electron chi connectivity index (χ4n) is 2.10. The van der Waals surface area contributed by atoms with E-state index in [4.69, 9.17) is 4.74 Å². The molecule has 1 N–H and O–H groups in total. The maximum atomic E-state index is 12.2. The SMILES string of the molecule is CCC(=O)Nc1ccc(C(=O)COc2cc(C)ccc2[N+](=O)[O-])cc1. The highest BCUT2D eigenvalue weighted by molar-refractivity contribution is 5.98. The molecule has 25 heavy (non-hydrogen) atoms. The standard InChI is InChI=1S/C18H18N2O5/c1-3-18(22)19-14-7-5-13(6-8-14)16(21)11-25-17-10-12(2)4-9-15(17)20(23)24/h4-10H,3,11H2,1-2H3,(H,19,22). The topological polar surface area (TPSA) is 98.5 Å². The number of hydrogen-bond donors (Lipinski definition) is 1. The highest BCUT2D eigenvalue weighted by atomic mass is 16.6. The lowest BCUT2D eigenvalue weighted by Gasteiger charge is -2.08. The third kappa shape index (κ3) is 4.87. The van der Waals surface area contributed by atoms with E-state index in [0.717, 1.165) is 5.56 Å². The number of benzene rings is 2. The molecule has 7 heteroatoms. The number of anilines is 1. The molecule has 0 fully saturated rings. The Hall–Kier alpha value is -3.22. The van der Waals surface area contributed by atoms with Gasteiger partial charge in [0.2, 0.25) is 5.91 Å². The number of Topliss-reactive ketones (excluding diaryl/α,β-unsaturated/α-hetero) is 1. The average molecular weight is 342 g/mol. The zero-order chi connectivity index (χ0) is 18.4. The van der Waals surface area contributed by atoms with Crippen molar-refractivity contribution in [2.45, 2.75) is 20.3 Å². The van der Waals surface area contributed by atoms with E-state index in [-0.39, 0.29) is 29.7 Å². The Morgan fingerprint density at radius 1 is 1.16 bits per heavy atom. The second kappa shape index (κ2) is 8.05. The first-order valence-corrected chi connectivity index (χ1v) is 7.71. The predicted molar refractivity (Wildman–Crippen MR) is 93.0 cm³/mol. The molecule has 7 nitrogen and oxygen atoms in total. The molecule has 2 aromatic rings. The molecule has 0 heterocycles. The molecule has 2 rings (SSSR count). The number of nitrogens with zero attached hydrogens (tertiary/aromatic N) is 1. The van der Waals surface area contributed by atoms with Crippen LogP contribution in [-0.4, -0.2) is 23.2 Å². The van der Waals surface area contributed by atoms with Crippen LogP contribution in [0.5, 0.6) is 5.75 Å². The van der Waals surface area contributed by atoms with Crippen molar-refractivity contribution in [3.63, 3.8) is 0 Å². The van der Waals surface area contributed by atoms with Crippen LogP contribution in [-0.2, 0) is 4.79 Å². The van der Waals surface area contributed by atoms with Gasteiger partial charge in [0.15, 0.2) is 18.1 Å². The van der Waals surface area contributed by atoms with E-state index in [1.807, 2.05) is 0 Å². The number of amides is 1. The molecule has 0 spiro atoms. The minimum Gasteiger partial charge on any atom is -0.478 e. The molecule has 0 saturated heterocycles. The monoisotopic (exact) mass is 342 g/mol. The Labute approximate surface area is 144 Å². The predicted octanol–water partition coefficient (Wildman–Crippen LogP) is 3.51. The summed E-state index contributed by atoms with van der Waals surface area (Å²) in [6.07, 6.45) is 0.365. The van der Waals surface area contributed by atoms with Crippen molar-refractivity contribution in [2.24, 2.45) is 0 Å². The lowest BCUT2D eigenvalue weighted by atomic mass is 10.1. The van der Waals surface area contributed by atoms with Crippen molar-refractivity contribution in [3.05, 3.63) is 63.7 Å². The number of nitro benzene ring substituents is 1. The number of hydrogen-bond acceptors (Lipinski definition) is 5. The quantitative estimate of drug-likeness (QED) is 0.471. The summed E-state index contributed by atoms with van der Waals surface area (Å²) in [4.78, 5) is 34.0. The van der Waals surface area contributed by atoms with E-state index < -0.39 is 4.92 Å². The normalized spacial score (nSPS) is 10.2. The van der Waals surface area contributed by atoms with Crippen LogP contribution in [0.4, 0.5) is 11.4 Å². The van der Waals surface area contributed by atoms with Gasteiger partial charge in [0.1, 0.15) is 0 Å². The first-order chi connectivity index (χ1) is 11.9. The lowest BCUT2D eigenvalue weighted by Crippen LogP contribution is -2.13. The number of ketones is 1. The van der Waals surface area contributed by atoms with Crippen molar-refractivity contribution in [1.29, 1.82) is 0 Å². The van der Waals surface area contributed by atoms with Gasteiger partial charge in [-0.2, -0.15) is 0 Å². The van der Waals surface area contributed by atoms with Crippen LogP contribution in [0.25, 0.3) is 0 Å². The van der Waals surface area contributed by atoms with E-state index in [1.54, 1.807) is 44.2 Å². The molecule has 0 atom stereocenters. The van der Waals surface area contributed by atoms with Gasteiger partial charge >= 0.3 is 5.69 Å². The fraction of sp³-hybridized carbons (Fsp3) is 0.222. The summed E-state index contributed by atoms with van der Waals surface area (Å²) in [5.74, 6) is -0.372. The Morgan fingerprint density at radius 3 is 2.44 bits per heavy atom. The van der Waals surface area contributed by atoms with Gasteiger partial charge in [-0.15, -0.1) is 0 Å². The number of carbonyl (C=O) groups is 2. The maximum absolute atomic E-state index is 12.2. The van der Waals surface area contributed by atoms with Crippen molar-refractivity contribution < 1.29 is 19.2 Å². The molecule has 0 unspecified atom stereocenters. The van der Waals surface area contributed by atoms with Crippen molar-refractivity contribution >= 4 is 23.1 Å². The molecule has 1 amide bonds. The van der Waals surface area contributed by atoms with E-state index >= 15 is 0 Å². The highest BCUT2D eigenvalue weighted by Gasteiger charge is 2.16. The molecule has 0 aromatic heterocycles. The van der Waals surface area contributed by atoms with Gasteiger partial charge < -0.3 is 10.1 Å². The Morgan fingerprint density at radius 2 is 1.84 bits per heavy atom. The number of aryl methyl sites for hydroxylation is 1. The van der Waals surface area contributed by atoms with Crippen LogP contribution >= 0.6 is 0 Å². The molecule has 0 radical (unpaired) electrons. The van der Waals surface area contributed by atoms with E-state index in [1.165, 1.54) is 12.1 Å². The Bertz CT molecular complexity index is 800. The smallest absolute Gasteiger partial charge is 0.310 e. The second-order valence-corrected chi connectivity index (χ2v) is 5.42. The molecule has 2 aromatic carbocycles. The summed E-state index contributed by atoms with van der Waals surface area (Å²) in [5.41, 5.74) is 1.60. The average Bonchev–Trinajstić information content (AvgIpc) is 2.60. The first-order valence-electron chi connectivity index (χ1n) is 7.71. The van der Waals surface area contributed by atoms with Gasteiger partial charge in [0.25, 0.3) is 0 Å². The summed E-state index contributed by atoms with van der Waals surface area (Å²) < 4.78 is 5.35. The van der Waals surface area contributed by atoms with Crippen LogP contribution in [0.3, 0.4) is 0 Å². The largest absolute Gasteiger partial charge is 0.478 e. The van der Waals surface area contributed by atoms with Crippen LogP contribution < -0.4 is 10.1 Å². The van der Waals surface area contributed by atoms with E-state index in [2.05, 4.69) is 5.32 Å². The summed E-state index contributed by atoms with van der Waals surface area (Å²) in [7, 11) is 0. The van der Waals surface area contributed by atoms with Gasteiger partial charge in [0, 0.05) is 23.7 Å². The van der Waals surface area contributed by atoms with Gasteiger partial charge in [0.05, 0.1) is 4.92 Å². The van der Waals surface area contributed by atoms with E-state index in [0.29, 0.717) is 17.7 Å². The molecule has 130 valence electrons. The summed E-state index contributed by atoms with van der Waals surface area (Å²) in [5, 5.41) is 13.7. The van der Waals surface area contributed by atoms with Gasteiger partial charge in [-0.05, 0) is 42.8 Å². The van der Waals surface area contributed by atoms with Crippen molar-refractivity contribution in [2.75, 3.05) is 11.9 Å². The zero-order valence-corrected chi connectivity index (χ0v) is 13.9. The first kappa shape index (κ1) is 18.1. The van der Waals surface area contributed by atoms with Crippen LogP contribution in [0.2, 0.25) is 0 Å². The van der Waals surface area contributed by atoms with Gasteiger partial charge in [-0.25, -0.2) is 0 Å². The minimum atomic E-state index is -0.551. The maximum Gasteiger partial charge on any atom is 0.310 e. The Kier molecular flexibility index (Phi) is 5.84. The molecular formula is C18H18N2O5. The van der Waals surface area contributed by atoms with Crippen LogP contribution in [0.15, 0.2) is 42.5 Å². The number of carbonyl (C=O) groups excluding carboxylic acids is 2.